The standard InChI is InChI=1S/C19H34N6O7/c1-11(26)16(18(31)23-10-15(28)29)24-14(27)9-22-17(30)13-6-4-8-25(13)19(32)12(21)5-2-3-7-20/h11-13,16,26H,2-10,20-21H2,1H3,(H,22,30)(H,23,31)(H,24,27)(H,28,29)/t11-,12+,13+,16+/m1/s1. The summed E-state index contributed by atoms with van der Waals surface area (Å²) in [6, 6.07) is -2.87. The van der Waals surface area contributed by atoms with Crippen LogP contribution in [0, 0.1) is 0 Å². The minimum Gasteiger partial charge on any atom is -0.480 e. The molecule has 0 aromatic heterocycles. The first-order valence-electron chi connectivity index (χ1n) is 10.6. The van der Waals surface area contributed by atoms with Gasteiger partial charge in [0.1, 0.15) is 18.6 Å². The fourth-order valence-electron chi connectivity index (χ4n) is 3.34. The zero-order chi connectivity index (χ0) is 24.3. The van der Waals surface area contributed by atoms with Crippen molar-refractivity contribution < 1.29 is 34.2 Å². The van der Waals surface area contributed by atoms with Gasteiger partial charge < -0.3 is 42.5 Å². The van der Waals surface area contributed by atoms with E-state index in [4.69, 9.17) is 16.6 Å². The zero-order valence-electron chi connectivity index (χ0n) is 18.2. The van der Waals surface area contributed by atoms with Crippen molar-refractivity contribution in [3.63, 3.8) is 0 Å². The number of aliphatic carboxylic acids is 1. The van der Waals surface area contributed by atoms with Gasteiger partial charge in [-0.15, -0.1) is 0 Å². The molecule has 13 nitrogen and oxygen atoms in total. The molecule has 0 saturated carbocycles. The number of carboxylic acid groups (broad SMARTS) is 1. The molecule has 4 atom stereocenters. The summed E-state index contributed by atoms with van der Waals surface area (Å²) in [7, 11) is 0. The van der Waals surface area contributed by atoms with Gasteiger partial charge in [-0.25, -0.2) is 0 Å². The molecule has 182 valence electrons. The van der Waals surface area contributed by atoms with Gasteiger partial charge in [-0.1, -0.05) is 6.42 Å². The lowest BCUT2D eigenvalue weighted by Crippen LogP contribution is -2.56. The van der Waals surface area contributed by atoms with Gasteiger partial charge in [-0.2, -0.15) is 0 Å². The molecule has 1 heterocycles. The predicted molar refractivity (Wildman–Crippen MR) is 113 cm³/mol. The van der Waals surface area contributed by atoms with Gasteiger partial charge in [0, 0.05) is 6.54 Å². The summed E-state index contributed by atoms with van der Waals surface area (Å²) < 4.78 is 0. The molecule has 9 N–H and O–H groups in total. The van der Waals surface area contributed by atoms with Crippen LogP contribution < -0.4 is 27.4 Å². The van der Waals surface area contributed by atoms with E-state index >= 15 is 0 Å². The maximum atomic E-state index is 12.6. The number of carbonyl (C=O) groups is 5. The van der Waals surface area contributed by atoms with E-state index in [1.807, 2.05) is 0 Å². The normalized spacial score (nSPS) is 18.4. The Bertz CT molecular complexity index is 687. The first-order valence-corrected chi connectivity index (χ1v) is 10.6. The highest BCUT2D eigenvalue weighted by Gasteiger charge is 2.36. The summed E-state index contributed by atoms with van der Waals surface area (Å²) in [4.78, 5) is 61.2. The summed E-state index contributed by atoms with van der Waals surface area (Å²) in [5, 5.41) is 25.0. The zero-order valence-corrected chi connectivity index (χ0v) is 18.2. The van der Waals surface area contributed by atoms with E-state index in [9.17, 15) is 29.1 Å². The molecular formula is C19H34N6O7. The van der Waals surface area contributed by atoms with E-state index in [1.165, 1.54) is 11.8 Å². The highest BCUT2D eigenvalue weighted by Crippen LogP contribution is 2.19. The van der Waals surface area contributed by atoms with Crippen molar-refractivity contribution in [2.75, 3.05) is 26.2 Å². The Morgan fingerprint density at radius 1 is 1.12 bits per heavy atom. The average molecular weight is 459 g/mol. The van der Waals surface area contributed by atoms with Crippen LogP contribution in [0.2, 0.25) is 0 Å². The first kappa shape index (κ1) is 27.3. The van der Waals surface area contributed by atoms with Crippen LogP contribution in [-0.4, -0.2) is 95.1 Å². The summed E-state index contributed by atoms with van der Waals surface area (Å²) >= 11 is 0. The number of amides is 4. The number of nitrogens with two attached hydrogens (primary N) is 2. The van der Waals surface area contributed by atoms with Crippen LogP contribution >= 0.6 is 0 Å². The predicted octanol–water partition coefficient (Wildman–Crippen LogP) is -3.38. The SMILES string of the molecule is C[C@@H](O)[C@H](NC(=O)CNC(=O)[C@@H]1CCCN1C(=O)[C@@H](N)CCCCN)C(=O)NCC(=O)O. The van der Waals surface area contributed by atoms with Crippen molar-refractivity contribution >= 4 is 29.6 Å². The number of aliphatic hydroxyl groups is 1. The minimum atomic E-state index is -1.39. The molecule has 0 bridgehead atoms. The molecule has 1 rings (SSSR count). The second-order valence-corrected chi connectivity index (χ2v) is 7.70. The molecule has 0 aromatic rings. The Morgan fingerprint density at radius 3 is 2.41 bits per heavy atom. The summed E-state index contributed by atoms with van der Waals surface area (Å²) in [6.45, 7) is 0.989. The summed E-state index contributed by atoms with van der Waals surface area (Å²) in [6.07, 6.45) is 1.68. The Kier molecular flexibility index (Phi) is 11.6. The van der Waals surface area contributed by atoms with Gasteiger partial charge >= 0.3 is 5.97 Å². The highest BCUT2D eigenvalue weighted by atomic mass is 16.4. The van der Waals surface area contributed by atoms with E-state index in [1.54, 1.807) is 0 Å². The topological polar surface area (TPSA) is 217 Å². The van der Waals surface area contributed by atoms with E-state index in [0.29, 0.717) is 38.8 Å². The Morgan fingerprint density at radius 2 is 1.81 bits per heavy atom. The van der Waals surface area contributed by atoms with Crippen molar-refractivity contribution in [1.82, 2.24) is 20.9 Å². The van der Waals surface area contributed by atoms with Gasteiger partial charge in [0.15, 0.2) is 0 Å². The number of carboxylic acids is 1. The van der Waals surface area contributed by atoms with E-state index in [2.05, 4.69) is 16.0 Å². The van der Waals surface area contributed by atoms with Crippen LogP contribution in [0.1, 0.15) is 39.0 Å². The Balaban J connectivity index is 2.58. The Hall–Kier alpha value is -2.77. The van der Waals surface area contributed by atoms with E-state index < -0.39 is 61.0 Å². The van der Waals surface area contributed by atoms with Crippen LogP contribution in [0.25, 0.3) is 0 Å². The number of unbranched alkanes of at least 4 members (excludes halogenated alkanes) is 1. The van der Waals surface area contributed by atoms with Gasteiger partial charge in [0.2, 0.25) is 23.6 Å². The first-order chi connectivity index (χ1) is 15.1. The lowest BCUT2D eigenvalue weighted by atomic mass is 10.1. The Labute approximate surface area is 186 Å². The molecule has 13 heteroatoms. The smallest absolute Gasteiger partial charge is 0.322 e. The third kappa shape index (κ3) is 8.77. The van der Waals surface area contributed by atoms with Crippen molar-refractivity contribution in [3.8, 4) is 0 Å². The molecule has 0 aliphatic carbocycles. The molecule has 1 aliphatic heterocycles. The second-order valence-electron chi connectivity index (χ2n) is 7.70. The number of hydrogen-bond acceptors (Lipinski definition) is 8. The highest BCUT2D eigenvalue weighted by molar-refractivity contribution is 5.94. The summed E-state index contributed by atoms with van der Waals surface area (Å²) in [5.41, 5.74) is 11.4. The number of nitrogens with zero attached hydrogens (tertiary/aromatic N) is 1. The summed E-state index contributed by atoms with van der Waals surface area (Å²) in [5.74, 6) is -3.77. The average Bonchev–Trinajstić information content (AvgIpc) is 3.23. The second kappa shape index (κ2) is 13.6. The fraction of sp³-hybridized carbons (Fsp3) is 0.737. The number of nitrogens with one attached hydrogen (secondary N) is 3. The van der Waals surface area contributed by atoms with Crippen molar-refractivity contribution in [1.29, 1.82) is 0 Å². The third-order valence-electron chi connectivity index (χ3n) is 5.04. The molecule has 1 aliphatic rings. The third-order valence-corrected chi connectivity index (χ3v) is 5.04. The maximum Gasteiger partial charge on any atom is 0.322 e. The molecule has 1 saturated heterocycles. The minimum absolute atomic E-state index is 0.326. The van der Waals surface area contributed by atoms with Gasteiger partial charge in [-0.3, -0.25) is 24.0 Å². The van der Waals surface area contributed by atoms with Crippen molar-refractivity contribution in [2.24, 2.45) is 11.5 Å². The van der Waals surface area contributed by atoms with Crippen LogP contribution in [0.4, 0.5) is 0 Å². The van der Waals surface area contributed by atoms with Gasteiger partial charge in [-0.05, 0) is 39.2 Å². The molecule has 0 unspecified atom stereocenters. The van der Waals surface area contributed by atoms with Crippen molar-refractivity contribution in [3.05, 3.63) is 0 Å². The van der Waals surface area contributed by atoms with Crippen LogP contribution in [0.5, 0.6) is 0 Å². The molecule has 1 fully saturated rings. The molecule has 32 heavy (non-hydrogen) atoms. The lowest BCUT2D eigenvalue weighted by molar-refractivity contribution is -0.140. The number of rotatable bonds is 13. The number of hydrogen-bond donors (Lipinski definition) is 7. The van der Waals surface area contributed by atoms with E-state index in [0.717, 1.165) is 6.42 Å². The van der Waals surface area contributed by atoms with Crippen LogP contribution in [0.15, 0.2) is 0 Å². The molecular weight excluding hydrogens is 424 g/mol. The molecule has 4 amide bonds. The lowest BCUT2D eigenvalue weighted by Gasteiger charge is -2.27. The number of carbonyl (C=O) groups excluding carboxylic acids is 4. The number of aliphatic hydroxyl groups excluding tert-OH is 1. The quantitative estimate of drug-likeness (QED) is 0.137. The largest absolute Gasteiger partial charge is 0.480 e. The van der Waals surface area contributed by atoms with E-state index in [-0.39, 0.29) is 5.91 Å². The van der Waals surface area contributed by atoms with Gasteiger partial charge in [0.25, 0.3) is 0 Å². The fourth-order valence-corrected chi connectivity index (χ4v) is 3.34. The monoisotopic (exact) mass is 458 g/mol. The van der Waals surface area contributed by atoms with Crippen LogP contribution in [-0.2, 0) is 24.0 Å². The van der Waals surface area contributed by atoms with Crippen LogP contribution in [0.3, 0.4) is 0 Å². The van der Waals surface area contributed by atoms with Gasteiger partial charge in [0.05, 0.1) is 18.7 Å². The number of likely N-dealkylation sites (tertiary alicyclic amines) is 1. The molecule has 0 radical (unpaired) electrons. The molecule has 0 aromatic carbocycles. The molecule has 0 spiro atoms. The maximum absolute atomic E-state index is 12.6. The van der Waals surface area contributed by atoms with Crippen molar-refractivity contribution in [2.45, 2.75) is 63.3 Å².